The molecule has 0 unspecified atom stereocenters. The van der Waals surface area contributed by atoms with Gasteiger partial charge in [0.15, 0.2) is 0 Å². The lowest BCUT2D eigenvalue weighted by molar-refractivity contribution is 0.423. The van der Waals surface area contributed by atoms with Crippen molar-refractivity contribution in [2.24, 2.45) is 7.05 Å². The lowest BCUT2D eigenvalue weighted by Gasteiger charge is -1.78. The van der Waals surface area contributed by atoms with Gasteiger partial charge < -0.3 is 4.52 Å². The summed E-state index contributed by atoms with van der Waals surface area (Å²) in [6, 6.07) is 0. The zero-order chi connectivity index (χ0) is 8.55. The number of hydrogen-bond acceptors (Lipinski definition) is 6. The van der Waals surface area contributed by atoms with E-state index in [0.29, 0.717) is 9.66 Å². The van der Waals surface area contributed by atoms with Crippen LogP contribution in [0.2, 0.25) is 0 Å². The van der Waals surface area contributed by atoms with Crippen molar-refractivity contribution in [2.45, 2.75) is 0 Å². The third-order valence-electron chi connectivity index (χ3n) is 1.10. The van der Waals surface area contributed by atoms with Crippen LogP contribution in [0.15, 0.2) is 4.52 Å². The lowest BCUT2D eigenvalue weighted by atomic mass is 10.6. The molecule has 12 heavy (non-hydrogen) atoms. The van der Waals surface area contributed by atoms with Crippen molar-refractivity contribution in [3.8, 4) is 11.7 Å². The van der Waals surface area contributed by atoms with E-state index >= 15 is 0 Å². The van der Waals surface area contributed by atoms with Crippen LogP contribution < -0.4 is 0 Å². The van der Waals surface area contributed by atoms with Gasteiger partial charge in [-0.25, -0.2) is 0 Å². The summed E-state index contributed by atoms with van der Waals surface area (Å²) in [6.07, 6.45) is 0. The minimum absolute atomic E-state index is 0.285. The largest absolute Gasteiger partial charge is 0.329 e. The van der Waals surface area contributed by atoms with E-state index in [0.717, 1.165) is 0 Å². The van der Waals surface area contributed by atoms with Gasteiger partial charge in [-0.3, -0.25) is 0 Å². The lowest BCUT2D eigenvalue weighted by Crippen LogP contribution is -1.91. The molecule has 2 aromatic rings. The molecule has 7 nitrogen and oxygen atoms in total. The van der Waals surface area contributed by atoms with E-state index in [1.807, 2.05) is 22.6 Å². The summed E-state index contributed by atoms with van der Waals surface area (Å²) in [5.41, 5.74) is 0. The zero-order valence-corrected chi connectivity index (χ0v) is 8.13. The van der Waals surface area contributed by atoms with Gasteiger partial charge in [0.2, 0.25) is 3.83 Å². The van der Waals surface area contributed by atoms with E-state index in [1.165, 1.54) is 4.80 Å². The van der Waals surface area contributed by atoms with Crippen LogP contribution in [-0.4, -0.2) is 30.3 Å². The highest BCUT2D eigenvalue weighted by Crippen LogP contribution is 2.10. The van der Waals surface area contributed by atoms with Crippen molar-refractivity contribution in [3.05, 3.63) is 3.83 Å². The minimum Gasteiger partial charge on any atom is -0.329 e. The van der Waals surface area contributed by atoms with Crippen molar-refractivity contribution in [3.63, 3.8) is 0 Å². The smallest absolute Gasteiger partial charge is 0.300 e. The fourth-order valence-electron chi connectivity index (χ4n) is 0.666. The molecule has 0 aliphatic heterocycles. The molecule has 2 aromatic heterocycles. The Labute approximate surface area is 80.3 Å². The summed E-state index contributed by atoms with van der Waals surface area (Å²) in [7, 11) is 1.66. The first-order valence-electron chi connectivity index (χ1n) is 2.99. The Hall–Kier alpha value is -1.06. The molecule has 2 rings (SSSR count). The summed E-state index contributed by atoms with van der Waals surface area (Å²) in [5.74, 6) is 0.625. The number of nitrogens with zero attached hydrogens (tertiary/aromatic N) is 6. The molecule has 0 radical (unpaired) electrons. The molecule has 0 amide bonds. The molecule has 2 heterocycles. The Morgan fingerprint density at radius 3 is 2.83 bits per heavy atom. The number of hydrogen-bond donors (Lipinski definition) is 0. The summed E-state index contributed by atoms with van der Waals surface area (Å²) >= 11 is 1.94. The van der Waals surface area contributed by atoms with Crippen molar-refractivity contribution in [1.82, 2.24) is 30.3 Å². The van der Waals surface area contributed by atoms with Crippen molar-refractivity contribution in [1.29, 1.82) is 0 Å². The van der Waals surface area contributed by atoms with Gasteiger partial charge in [-0.2, -0.15) is 9.78 Å². The standard InChI is InChI=1S/C4H3IN6O/c1-11-8-2(7-10-11)3-6-4(5)9-12-3/h1H3. The van der Waals surface area contributed by atoms with E-state index < -0.39 is 0 Å². The maximum absolute atomic E-state index is 4.82. The van der Waals surface area contributed by atoms with E-state index in [-0.39, 0.29) is 5.89 Å². The predicted octanol–water partition coefficient (Wildman–Crippen LogP) is -0.135. The second-order valence-corrected chi connectivity index (χ2v) is 2.94. The Morgan fingerprint density at radius 1 is 1.50 bits per heavy atom. The topological polar surface area (TPSA) is 82.5 Å². The van der Waals surface area contributed by atoms with Crippen LogP contribution in [0.3, 0.4) is 0 Å². The number of halogens is 1. The summed E-state index contributed by atoms with van der Waals surface area (Å²) < 4.78 is 5.34. The highest BCUT2D eigenvalue weighted by molar-refractivity contribution is 14.1. The molecule has 8 heteroatoms. The van der Waals surface area contributed by atoms with Crippen molar-refractivity contribution in [2.75, 3.05) is 0 Å². The molecule has 0 atom stereocenters. The third-order valence-corrected chi connectivity index (χ3v) is 1.54. The number of aromatic nitrogens is 6. The molecular formula is C4H3IN6O. The monoisotopic (exact) mass is 278 g/mol. The molecular weight excluding hydrogens is 275 g/mol. The number of rotatable bonds is 1. The van der Waals surface area contributed by atoms with Gasteiger partial charge in [-0.05, 0) is 5.21 Å². The van der Waals surface area contributed by atoms with Gasteiger partial charge in [0.25, 0.3) is 11.7 Å². The highest BCUT2D eigenvalue weighted by Gasteiger charge is 2.11. The van der Waals surface area contributed by atoms with E-state index in [4.69, 9.17) is 4.52 Å². The van der Waals surface area contributed by atoms with E-state index in [1.54, 1.807) is 7.05 Å². The maximum Gasteiger partial charge on any atom is 0.300 e. The van der Waals surface area contributed by atoms with Crippen LogP contribution >= 0.6 is 22.6 Å². The Kier molecular flexibility index (Phi) is 1.75. The summed E-state index contributed by atoms with van der Waals surface area (Å²) in [4.78, 5) is 5.25. The van der Waals surface area contributed by atoms with Gasteiger partial charge in [0, 0.05) is 22.6 Å². The van der Waals surface area contributed by atoms with Crippen LogP contribution in [0, 0.1) is 3.83 Å². The summed E-state index contributed by atoms with van der Waals surface area (Å²) in [5, 5.41) is 14.8. The van der Waals surface area contributed by atoms with Crippen LogP contribution in [0.5, 0.6) is 0 Å². The molecule has 0 saturated carbocycles. The third kappa shape index (κ3) is 1.29. The number of tetrazole rings is 1. The van der Waals surface area contributed by atoms with Gasteiger partial charge in [0.05, 0.1) is 7.05 Å². The van der Waals surface area contributed by atoms with E-state index in [9.17, 15) is 0 Å². The van der Waals surface area contributed by atoms with Crippen LogP contribution in [0.4, 0.5) is 0 Å². The predicted molar refractivity (Wildman–Crippen MR) is 44.8 cm³/mol. The summed E-state index contributed by atoms with van der Waals surface area (Å²) in [6.45, 7) is 0. The van der Waals surface area contributed by atoms with Gasteiger partial charge in [-0.15, -0.1) is 10.2 Å². The molecule has 0 fully saturated rings. The van der Waals surface area contributed by atoms with Gasteiger partial charge >= 0.3 is 0 Å². The van der Waals surface area contributed by atoms with Crippen molar-refractivity contribution >= 4 is 22.6 Å². The molecule has 0 aromatic carbocycles. The van der Waals surface area contributed by atoms with Crippen LogP contribution in [-0.2, 0) is 7.05 Å². The first-order valence-corrected chi connectivity index (χ1v) is 4.07. The SMILES string of the molecule is Cn1nnc(-c2nc(I)no2)n1. The second-order valence-electron chi connectivity index (χ2n) is 1.97. The average Bonchev–Trinajstić information content (AvgIpc) is 2.58. The normalized spacial score (nSPS) is 10.5. The van der Waals surface area contributed by atoms with Crippen molar-refractivity contribution < 1.29 is 4.52 Å². The molecule has 0 saturated heterocycles. The maximum atomic E-state index is 4.82. The minimum atomic E-state index is 0.285. The van der Waals surface area contributed by atoms with Gasteiger partial charge in [0.1, 0.15) is 0 Å². The van der Waals surface area contributed by atoms with Crippen LogP contribution in [0.25, 0.3) is 11.7 Å². The molecule has 0 aliphatic rings. The molecule has 62 valence electrons. The molecule has 0 N–H and O–H groups in total. The molecule has 0 aliphatic carbocycles. The fourth-order valence-corrected chi connectivity index (χ4v) is 0.984. The molecule has 0 bridgehead atoms. The Morgan fingerprint density at radius 2 is 2.33 bits per heavy atom. The quantitative estimate of drug-likeness (QED) is 0.675. The van der Waals surface area contributed by atoms with Gasteiger partial charge in [-0.1, -0.05) is 5.16 Å². The second kappa shape index (κ2) is 2.77. The first kappa shape index (κ1) is 7.58. The number of aryl methyl sites for hydroxylation is 1. The fraction of sp³-hybridized carbons (Fsp3) is 0.250. The Bertz CT molecular complexity index is 355. The first-order chi connectivity index (χ1) is 5.75. The zero-order valence-electron chi connectivity index (χ0n) is 5.97. The average molecular weight is 278 g/mol. The Balaban J connectivity index is 2.43. The van der Waals surface area contributed by atoms with E-state index in [2.05, 4.69) is 25.6 Å². The van der Waals surface area contributed by atoms with Crippen LogP contribution in [0.1, 0.15) is 0 Å². The molecule has 0 spiro atoms. The highest BCUT2D eigenvalue weighted by atomic mass is 127.